The van der Waals surface area contributed by atoms with Gasteiger partial charge in [-0.05, 0) is 30.3 Å². The molecule has 2 aromatic heterocycles. The minimum Gasteiger partial charge on any atom is -0.481 e. The number of benzene rings is 1. The van der Waals surface area contributed by atoms with Gasteiger partial charge in [0.05, 0.1) is 23.6 Å². The molecule has 5 heteroatoms. The molecular weight excluding hydrogens is 261 g/mol. The van der Waals surface area contributed by atoms with Gasteiger partial charge in [0.2, 0.25) is 11.3 Å². The number of pyridine rings is 1. The maximum Gasteiger partial charge on any atom is 0.221 e. The Morgan fingerprint density at radius 2 is 2.10 bits per heavy atom. The van der Waals surface area contributed by atoms with E-state index in [1.165, 1.54) is 25.5 Å². The molecule has 0 radical (unpaired) electrons. The van der Waals surface area contributed by atoms with Gasteiger partial charge in [0.25, 0.3) is 0 Å². The third-order valence-corrected chi connectivity index (χ3v) is 2.99. The summed E-state index contributed by atoms with van der Waals surface area (Å²) in [4.78, 5) is 16.5. The van der Waals surface area contributed by atoms with Crippen molar-refractivity contribution in [2.75, 3.05) is 7.11 Å². The molecule has 0 amide bonds. The molecule has 0 saturated heterocycles. The molecule has 3 aromatic rings. The fraction of sp³-hybridized carbons (Fsp3) is 0.0667. The largest absolute Gasteiger partial charge is 0.481 e. The highest BCUT2D eigenvalue weighted by Crippen LogP contribution is 2.26. The van der Waals surface area contributed by atoms with Crippen LogP contribution in [0.1, 0.15) is 0 Å². The topological polar surface area (TPSA) is 52.3 Å². The number of hydrogen-bond acceptors (Lipinski definition) is 4. The summed E-state index contributed by atoms with van der Waals surface area (Å²) >= 11 is 0. The van der Waals surface area contributed by atoms with Crippen molar-refractivity contribution in [1.82, 2.24) is 4.98 Å². The van der Waals surface area contributed by atoms with Gasteiger partial charge in [-0.1, -0.05) is 0 Å². The van der Waals surface area contributed by atoms with Crippen molar-refractivity contribution in [1.29, 1.82) is 0 Å². The molecule has 1 aromatic carbocycles. The summed E-state index contributed by atoms with van der Waals surface area (Å²) in [7, 11) is 1.47. The Kier molecular flexibility index (Phi) is 2.95. The SMILES string of the molecule is COc1ncccc1-c1coc2ccc(F)cc2c1=O. The van der Waals surface area contributed by atoms with E-state index in [-0.39, 0.29) is 16.4 Å². The van der Waals surface area contributed by atoms with Gasteiger partial charge in [-0.15, -0.1) is 0 Å². The zero-order valence-corrected chi connectivity index (χ0v) is 10.6. The van der Waals surface area contributed by atoms with Crippen LogP contribution in [0.15, 0.2) is 52.0 Å². The molecule has 2 heterocycles. The Morgan fingerprint density at radius 3 is 2.90 bits per heavy atom. The zero-order valence-electron chi connectivity index (χ0n) is 10.6. The maximum absolute atomic E-state index is 13.3. The second-order valence-electron chi connectivity index (χ2n) is 4.18. The van der Waals surface area contributed by atoms with Crippen LogP contribution in [-0.4, -0.2) is 12.1 Å². The first-order chi connectivity index (χ1) is 9.70. The highest BCUT2D eigenvalue weighted by atomic mass is 19.1. The van der Waals surface area contributed by atoms with Crippen molar-refractivity contribution < 1.29 is 13.5 Å². The third-order valence-electron chi connectivity index (χ3n) is 2.99. The summed E-state index contributed by atoms with van der Waals surface area (Å²) in [6.07, 6.45) is 2.90. The molecule has 0 aliphatic carbocycles. The van der Waals surface area contributed by atoms with Crippen LogP contribution < -0.4 is 10.2 Å². The third kappa shape index (κ3) is 1.93. The molecule has 0 aliphatic heterocycles. The summed E-state index contributed by atoms with van der Waals surface area (Å²) in [5.74, 6) is -0.171. The van der Waals surface area contributed by atoms with Crippen molar-refractivity contribution in [3.8, 4) is 17.0 Å². The molecular formula is C15H10FNO3. The Bertz CT molecular complexity index is 842. The van der Waals surface area contributed by atoms with Gasteiger partial charge in [0, 0.05) is 6.20 Å². The minimum atomic E-state index is -0.486. The maximum atomic E-state index is 13.3. The lowest BCUT2D eigenvalue weighted by Gasteiger charge is -2.06. The number of halogens is 1. The minimum absolute atomic E-state index is 0.188. The Labute approximate surface area is 113 Å². The molecule has 20 heavy (non-hydrogen) atoms. The van der Waals surface area contributed by atoms with Crippen LogP contribution in [0.3, 0.4) is 0 Å². The number of nitrogens with zero attached hydrogens (tertiary/aromatic N) is 1. The number of rotatable bonds is 2. The monoisotopic (exact) mass is 271 g/mol. The van der Waals surface area contributed by atoms with Crippen molar-refractivity contribution >= 4 is 11.0 Å². The van der Waals surface area contributed by atoms with Crippen LogP contribution in [0.25, 0.3) is 22.1 Å². The first-order valence-electron chi connectivity index (χ1n) is 5.91. The number of hydrogen-bond donors (Lipinski definition) is 0. The molecule has 0 fully saturated rings. The number of fused-ring (bicyclic) bond motifs is 1. The van der Waals surface area contributed by atoms with Crippen LogP contribution in [0.2, 0.25) is 0 Å². The lowest BCUT2D eigenvalue weighted by atomic mass is 10.1. The highest BCUT2D eigenvalue weighted by Gasteiger charge is 2.14. The lowest BCUT2D eigenvalue weighted by Crippen LogP contribution is -2.06. The summed E-state index contributed by atoms with van der Waals surface area (Å²) in [5, 5.41) is 0.188. The molecule has 4 nitrogen and oxygen atoms in total. The Hall–Kier alpha value is -2.69. The molecule has 100 valence electrons. The Morgan fingerprint density at radius 1 is 1.25 bits per heavy atom. The van der Waals surface area contributed by atoms with Gasteiger partial charge in [-0.2, -0.15) is 0 Å². The lowest BCUT2D eigenvalue weighted by molar-refractivity contribution is 0.399. The normalized spacial score (nSPS) is 10.7. The van der Waals surface area contributed by atoms with Gasteiger partial charge in [0.1, 0.15) is 17.7 Å². The van der Waals surface area contributed by atoms with Crippen LogP contribution in [0.5, 0.6) is 5.88 Å². The fourth-order valence-corrected chi connectivity index (χ4v) is 2.05. The molecule has 0 unspecified atom stereocenters. The summed E-state index contributed by atoms with van der Waals surface area (Å²) in [6, 6.07) is 7.22. The number of methoxy groups -OCH3 is 1. The van der Waals surface area contributed by atoms with Crippen LogP contribution in [0.4, 0.5) is 4.39 Å². The van der Waals surface area contributed by atoms with Crippen molar-refractivity contribution in [2.24, 2.45) is 0 Å². The molecule has 0 aliphatic rings. The van der Waals surface area contributed by atoms with Crippen LogP contribution in [-0.2, 0) is 0 Å². The van der Waals surface area contributed by atoms with Gasteiger partial charge < -0.3 is 9.15 Å². The van der Waals surface area contributed by atoms with Crippen molar-refractivity contribution in [3.63, 3.8) is 0 Å². The first kappa shape index (κ1) is 12.3. The predicted octanol–water partition coefficient (Wildman–Crippen LogP) is 3.00. The second-order valence-corrected chi connectivity index (χ2v) is 4.18. The molecule has 0 saturated carbocycles. The van der Waals surface area contributed by atoms with Crippen LogP contribution >= 0.6 is 0 Å². The molecule has 0 atom stereocenters. The summed E-state index contributed by atoms with van der Waals surface area (Å²) in [5.41, 5.74) is 0.808. The van der Waals surface area contributed by atoms with Crippen molar-refractivity contribution in [2.45, 2.75) is 0 Å². The van der Waals surface area contributed by atoms with E-state index in [0.717, 1.165) is 6.07 Å². The average molecular weight is 271 g/mol. The predicted molar refractivity (Wildman–Crippen MR) is 72.2 cm³/mol. The van der Waals surface area contributed by atoms with Crippen LogP contribution in [0, 0.1) is 5.82 Å². The summed E-state index contributed by atoms with van der Waals surface area (Å²) < 4.78 is 23.8. The van der Waals surface area contributed by atoms with E-state index in [1.807, 2.05) is 0 Å². The Balaban J connectivity index is 2.32. The van der Waals surface area contributed by atoms with Gasteiger partial charge >= 0.3 is 0 Å². The number of ether oxygens (including phenoxy) is 1. The standard InChI is InChI=1S/C15H10FNO3/c1-19-15-10(3-2-6-17-15)12-8-20-13-5-4-9(16)7-11(13)14(12)18/h2-8H,1H3. The average Bonchev–Trinajstić information content (AvgIpc) is 2.48. The fourth-order valence-electron chi connectivity index (χ4n) is 2.05. The van der Waals surface area contributed by atoms with E-state index in [0.29, 0.717) is 17.0 Å². The van der Waals surface area contributed by atoms with Gasteiger partial charge in [-0.25, -0.2) is 9.37 Å². The molecule has 0 bridgehead atoms. The molecule has 0 N–H and O–H groups in total. The first-order valence-corrected chi connectivity index (χ1v) is 5.91. The molecule has 3 rings (SSSR count). The van der Waals surface area contributed by atoms with Crippen molar-refractivity contribution in [3.05, 3.63) is 58.8 Å². The highest BCUT2D eigenvalue weighted by molar-refractivity contribution is 5.82. The van der Waals surface area contributed by atoms with E-state index < -0.39 is 5.82 Å². The van der Waals surface area contributed by atoms with Gasteiger partial charge in [0.15, 0.2) is 0 Å². The van der Waals surface area contributed by atoms with E-state index in [4.69, 9.17) is 9.15 Å². The van der Waals surface area contributed by atoms with E-state index in [1.54, 1.807) is 18.3 Å². The van der Waals surface area contributed by atoms with E-state index in [9.17, 15) is 9.18 Å². The zero-order chi connectivity index (χ0) is 14.1. The quantitative estimate of drug-likeness (QED) is 0.719. The van der Waals surface area contributed by atoms with Gasteiger partial charge in [-0.3, -0.25) is 4.79 Å². The van der Waals surface area contributed by atoms with E-state index >= 15 is 0 Å². The summed E-state index contributed by atoms with van der Waals surface area (Å²) in [6.45, 7) is 0. The number of aromatic nitrogens is 1. The second kappa shape index (κ2) is 4.77. The molecule has 0 spiro atoms. The smallest absolute Gasteiger partial charge is 0.221 e. The van der Waals surface area contributed by atoms with E-state index in [2.05, 4.69) is 4.98 Å².